The minimum atomic E-state index is -0.858. The highest BCUT2D eigenvalue weighted by molar-refractivity contribution is 6.30. The Morgan fingerprint density at radius 1 is 1.24 bits per heavy atom. The molecular weight excluding hydrogens is 340 g/mol. The number of amides is 1. The number of aliphatic hydroxyl groups is 1. The number of nitrogens with one attached hydrogen (secondary N) is 1. The first-order chi connectivity index (χ1) is 12.0. The second kappa shape index (κ2) is 7.51. The van der Waals surface area contributed by atoms with Crippen LogP contribution in [0.3, 0.4) is 0 Å². The molecule has 2 aromatic carbocycles. The molecule has 0 spiro atoms. The van der Waals surface area contributed by atoms with Crippen LogP contribution in [0.2, 0.25) is 5.02 Å². The smallest absolute Gasteiger partial charge is 0.273 e. The molecule has 128 valence electrons. The topological polar surface area (TPSA) is 75.4 Å². The molecule has 1 atom stereocenters. The highest BCUT2D eigenvalue weighted by Gasteiger charge is 2.19. The van der Waals surface area contributed by atoms with Crippen LogP contribution in [-0.4, -0.2) is 22.5 Å². The third kappa shape index (κ3) is 4.07. The summed E-state index contributed by atoms with van der Waals surface area (Å²) >= 11 is 5.91. The quantitative estimate of drug-likeness (QED) is 0.729. The van der Waals surface area contributed by atoms with Crippen LogP contribution in [0, 0.1) is 6.92 Å². The maximum Gasteiger partial charge on any atom is 0.273 e. The zero-order valence-corrected chi connectivity index (χ0v) is 14.3. The SMILES string of the molecule is Cc1oc(-c2ccccc2)nc1C(=O)NC[C@H](O)c1cccc(Cl)c1. The normalized spacial score (nSPS) is 12.0. The first-order valence-corrected chi connectivity index (χ1v) is 8.17. The largest absolute Gasteiger partial charge is 0.441 e. The summed E-state index contributed by atoms with van der Waals surface area (Å²) in [7, 11) is 0. The lowest BCUT2D eigenvalue weighted by molar-refractivity contribution is 0.0910. The highest BCUT2D eigenvalue weighted by Crippen LogP contribution is 2.22. The van der Waals surface area contributed by atoms with E-state index in [-0.39, 0.29) is 12.2 Å². The van der Waals surface area contributed by atoms with Crippen molar-refractivity contribution in [2.45, 2.75) is 13.0 Å². The summed E-state index contributed by atoms with van der Waals surface area (Å²) in [5.74, 6) is 0.414. The van der Waals surface area contributed by atoms with E-state index in [0.717, 1.165) is 5.56 Å². The zero-order valence-electron chi connectivity index (χ0n) is 13.6. The van der Waals surface area contributed by atoms with E-state index in [1.807, 2.05) is 30.3 Å². The molecule has 0 bridgehead atoms. The number of rotatable bonds is 5. The van der Waals surface area contributed by atoms with Crippen LogP contribution >= 0.6 is 11.6 Å². The molecule has 0 unspecified atom stereocenters. The summed E-state index contributed by atoms with van der Waals surface area (Å²) in [6.45, 7) is 1.73. The van der Waals surface area contributed by atoms with E-state index in [2.05, 4.69) is 10.3 Å². The fourth-order valence-corrected chi connectivity index (χ4v) is 2.61. The Kier molecular flexibility index (Phi) is 5.16. The molecule has 5 nitrogen and oxygen atoms in total. The number of aromatic nitrogens is 1. The van der Waals surface area contributed by atoms with Gasteiger partial charge in [0.15, 0.2) is 5.69 Å². The molecule has 0 aliphatic rings. The lowest BCUT2D eigenvalue weighted by atomic mass is 10.1. The molecule has 25 heavy (non-hydrogen) atoms. The Labute approximate surface area is 150 Å². The minimum absolute atomic E-state index is 0.0478. The average Bonchev–Trinajstić information content (AvgIpc) is 3.02. The van der Waals surface area contributed by atoms with Crippen LogP contribution < -0.4 is 5.32 Å². The van der Waals surface area contributed by atoms with Crippen molar-refractivity contribution in [1.29, 1.82) is 0 Å². The molecule has 0 saturated carbocycles. The van der Waals surface area contributed by atoms with E-state index in [9.17, 15) is 9.90 Å². The third-order valence-electron chi connectivity index (χ3n) is 3.72. The molecular formula is C19H17ClN2O3. The van der Waals surface area contributed by atoms with Gasteiger partial charge >= 0.3 is 0 Å². The molecule has 0 aliphatic heterocycles. The first kappa shape index (κ1) is 17.2. The van der Waals surface area contributed by atoms with E-state index < -0.39 is 12.0 Å². The Balaban J connectivity index is 1.68. The number of aryl methyl sites for hydroxylation is 1. The van der Waals surface area contributed by atoms with Gasteiger partial charge in [0, 0.05) is 17.1 Å². The standard InChI is InChI=1S/C19H17ClN2O3/c1-12-17(22-19(25-12)13-6-3-2-4-7-13)18(24)21-11-16(23)14-8-5-9-15(20)10-14/h2-10,16,23H,11H2,1H3,(H,21,24)/t16-/m0/s1. The molecule has 1 aromatic heterocycles. The van der Waals surface area contributed by atoms with Crippen molar-refractivity contribution in [2.75, 3.05) is 6.54 Å². The predicted octanol–water partition coefficient (Wildman–Crippen LogP) is 3.77. The van der Waals surface area contributed by atoms with Crippen molar-refractivity contribution in [3.05, 3.63) is 76.6 Å². The molecule has 3 rings (SSSR count). The van der Waals surface area contributed by atoms with E-state index in [4.69, 9.17) is 16.0 Å². The van der Waals surface area contributed by atoms with Crippen molar-refractivity contribution >= 4 is 17.5 Å². The maximum atomic E-state index is 12.3. The van der Waals surface area contributed by atoms with Gasteiger partial charge < -0.3 is 14.8 Å². The van der Waals surface area contributed by atoms with Gasteiger partial charge in [0.25, 0.3) is 5.91 Å². The van der Waals surface area contributed by atoms with Crippen LogP contribution in [0.5, 0.6) is 0 Å². The second-order valence-electron chi connectivity index (χ2n) is 5.57. The predicted molar refractivity (Wildman–Crippen MR) is 95.4 cm³/mol. The Hall–Kier alpha value is -2.63. The highest BCUT2D eigenvalue weighted by atomic mass is 35.5. The number of aliphatic hydroxyl groups excluding tert-OH is 1. The number of carbonyl (C=O) groups is 1. The molecule has 0 saturated heterocycles. The third-order valence-corrected chi connectivity index (χ3v) is 3.96. The molecule has 3 aromatic rings. The number of nitrogens with zero attached hydrogens (tertiary/aromatic N) is 1. The summed E-state index contributed by atoms with van der Waals surface area (Å²) in [4.78, 5) is 16.6. The number of halogens is 1. The first-order valence-electron chi connectivity index (χ1n) is 7.79. The fourth-order valence-electron chi connectivity index (χ4n) is 2.42. The second-order valence-corrected chi connectivity index (χ2v) is 6.01. The number of benzene rings is 2. The Morgan fingerprint density at radius 2 is 2.00 bits per heavy atom. The molecule has 1 amide bonds. The van der Waals surface area contributed by atoms with E-state index in [1.54, 1.807) is 31.2 Å². The van der Waals surface area contributed by atoms with Crippen LogP contribution in [-0.2, 0) is 0 Å². The lowest BCUT2D eigenvalue weighted by Gasteiger charge is -2.12. The molecule has 0 fully saturated rings. The van der Waals surface area contributed by atoms with Crippen molar-refractivity contribution < 1.29 is 14.3 Å². The van der Waals surface area contributed by atoms with Crippen LogP contribution in [0.1, 0.15) is 27.9 Å². The van der Waals surface area contributed by atoms with Gasteiger partial charge in [-0.15, -0.1) is 0 Å². The van der Waals surface area contributed by atoms with Crippen LogP contribution in [0.25, 0.3) is 11.5 Å². The summed E-state index contributed by atoms with van der Waals surface area (Å²) in [5, 5.41) is 13.4. The van der Waals surface area contributed by atoms with Crippen LogP contribution in [0.15, 0.2) is 59.0 Å². The number of hydrogen-bond donors (Lipinski definition) is 2. The molecule has 0 radical (unpaired) electrons. The minimum Gasteiger partial charge on any atom is -0.441 e. The number of carbonyl (C=O) groups excluding carboxylic acids is 1. The van der Waals surface area contributed by atoms with Gasteiger partial charge in [-0.2, -0.15) is 0 Å². The summed E-state index contributed by atoms with van der Waals surface area (Å²) in [6, 6.07) is 16.2. The summed E-state index contributed by atoms with van der Waals surface area (Å²) < 4.78 is 5.58. The van der Waals surface area contributed by atoms with Gasteiger partial charge in [0.05, 0.1) is 6.10 Å². The summed E-state index contributed by atoms with van der Waals surface area (Å²) in [5.41, 5.74) is 1.63. The van der Waals surface area contributed by atoms with E-state index in [0.29, 0.717) is 22.2 Å². The van der Waals surface area contributed by atoms with E-state index >= 15 is 0 Å². The Bertz CT molecular complexity index is 877. The summed E-state index contributed by atoms with van der Waals surface area (Å²) in [6.07, 6.45) is -0.858. The fraction of sp³-hybridized carbons (Fsp3) is 0.158. The molecule has 2 N–H and O–H groups in total. The van der Waals surface area contributed by atoms with Crippen molar-refractivity contribution in [1.82, 2.24) is 10.3 Å². The van der Waals surface area contributed by atoms with Gasteiger partial charge in [-0.1, -0.05) is 41.9 Å². The molecule has 0 aliphatic carbocycles. The maximum absolute atomic E-state index is 12.3. The monoisotopic (exact) mass is 356 g/mol. The van der Waals surface area contributed by atoms with Gasteiger partial charge in [0.1, 0.15) is 5.76 Å². The lowest BCUT2D eigenvalue weighted by Crippen LogP contribution is -2.29. The van der Waals surface area contributed by atoms with Crippen LogP contribution in [0.4, 0.5) is 0 Å². The molecule has 6 heteroatoms. The van der Waals surface area contributed by atoms with Gasteiger partial charge in [-0.25, -0.2) is 4.98 Å². The Morgan fingerprint density at radius 3 is 2.72 bits per heavy atom. The zero-order chi connectivity index (χ0) is 17.8. The molecule has 1 heterocycles. The van der Waals surface area contributed by atoms with E-state index in [1.165, 1.54) is 0 Å². The van der Waals surface area contributed by atoms with Gasteiger partial charge in [-0.3, -0.25) is 4.79 Å². The van der Waals surface area contributed by atoms with Gasteiger partial charge in [-0.05, 0) is 36.8 Å². The number of oxazole rings is 1. The van der Waals surface area contributed by atoms with Crippen molar-refractivity contribution in [3.8, 4) is 11.5 Å². The number of hydrogen-bond acceptors (Lipinski definition) is 4. The van der Waals surface area contributed by atoms with Crippen molar-refractivity contribution in [2.24, 2.45) is 0 Å². The average molecular weight is 357 g/mol. The van der Waals surface area contributed by atoms with Gasteiger partial charge in [0.2, 0.25) is 5.89 Å². The van der Waals surface area contributed by atoms with Crippen molar-refractivity contribution in [3.63, 3.8) is 0 Å².